The van der Waals surface area contributed by atoms with Crippen molar-refractivity contribution in [3.63, 3.8) is 0 Å². The summed E-state index contributed by atoms with van der Waals surface area (Å²) >= 11 is 0. The fourth-order valence-electron chi connectivity index (χ4n) is 3.61. The van der Waals surface area contributed by atoms with Crippen molar-refractivity contribution in [1.29, 1.82) is 0 Å². The lowest BCUT2D eigenvalue weighted by Crippen LogP contribution is -2.40. The second-order valence-corrected chi connectivity index (χ2v) is 7.12. The molecule has 0 bridgehead atoms. The van der Waals surface area contributed by atoms with Crippen LogP contribution in [-0.4, -0.2) is 39.9 Å². The minimum atomic E-state index is -0.200. The highest BCUT2D eigenvalue weighted by molar-refractivity contribution is 5.74. The number of ether oxygens (including phenoxy) is 2. The van der Waals surface area contributed by atoms with E-state index in [4.69, 9.17) is 9.47 Å². The Kier molecular flexibility index (Phi) is 6.63. The van der Waals surface area contributed by atoms with Crippen LogP contribution in [-0.2, 0) is 0 Å². The summed E-state index contributed by atoms with van der Waals surface area (Å²) in [6.07, 6.45) is 1.08. The minimum absolute atomic E-state index is 0.171. The van der Waals surface area contributed by atoms with Crippen molar-refractivity contribution in [1.82, 2.24) is 10.6 Å². The molecule has 3 rings (SSSR count). The second kappa shape index (κ2) is 9.35. The van der Waals surface area contributed by atoms with Gasteiger partial charge in [0.05, 0.1) is 20.3 Å². The van der Waals surface area contributed by atoms with Gasteiger partial charge in [-0.1, -0.05) is 18.2 Å². The Morgan fingerprint density at radius 3 is 2.68 bits per heavy atom. The van der Waals surface area contributed by atoms with Gasteiger partial charge in [0.25, 0.3) is 0 Å². The van der Waals surface area contributed by atoms with Crippen LogP contribution >= 0.6 is 0 Å². The predicted octanol–water partition coefficient (Wildman–Crippen LogP) is 3.59. The Morgan fingerprint density at radius 2 is 1.96 bits per heavy atom. The monoisotopic (exact) mass is 383 g/mol. The van der Waals surface area contributed by atoms with E-state index in [0.29, 0.717) is 12.5 Å². The van der Waals surface area contributed by atoms with Gasteiger partial charge in [-0.25, -0.2) is 4.79 Å². The van der Waals surface area contributed by atoms with E-state index >= 15 is 0 Å². The molecule has 0 spiro atoms. The summed E-state index contributed by atoms with van der Waals surface area (Å²) in [7, 11) is 3.24. The Hall–Kier alpha value is -2.89. The first kappa shape index (κ1) is 19.9. The predicted molar refractivity (Wildman–Crippen MR) is 111 cm³/mol. The number of amides is 2. The van der Waals surface area contributed by atoms with Crippen LogP contribution in [0.3, 0.4) is 0 Å². The van der Waals surface area contributed by atoms with Crippen LogP contribution in [0.15, 0.2) is 48.5 Å². The van der Waals surface area contributed by atoms with Crippen LogP contribution < -0.4 is 25.0 Å². The number of carbonyl (C=O) groups excluding carboxylic acids is 1. The molecule has 0 saturated carbocycles. The quantitative estimate of drug-likeness (QED) is 0.767. The van der Waals surface area contributed by atoms with Crippen molar-refractivity contribution < 1.29 is 14.3 Å². The number of methoxy groups -OCH3 is 2. The molecule has 2 aromatic carbocycles. The maximum absolute atomic E-state index is 12.4. The Bertz CT molecular complexity index is 782. The number of nitrogens with one attached hydrogen (secondary N) is 2. The number of hydrogen-bond acceptors (Lipinski definition) is 4. The summed E-state index contributed by atoms with van der Waals surface area (Å²) in [4.78, 5) is 14.8. The zero-order chi connectivity index (χ0) is 19.9. The Labute approximate surface area is 166 Å². The minimum Gasteiger partial charge on any atom is -0.497 e. The van der Waals surface area contributed by atoms with Gasteiger partial charge in [0.1, 0.15) is 11.5 Å². The fraction of sp³-hybridized carbons (Fsp3) is 0.409. The summed E-state index contributed by atoms with van der Waals surface area (Å²) in [6, 6.07) is 15.6. The van der Waals surface area contributed by atoms with Crippen LogP contribution in [0.25, 0.3) is 0 Å². The van der Waals surface area contributed by atoms with E-state index in [1.165, 1.54) is 5.69 Å². The van der Waals surface area contributed by atoms with Crippen LogP contribution in [0, 0.1) is 5.92 Å². The molecule has 2 N–H and O–H groups in total. The van der Waals surface area contributed by atoms with Crippen LogP contribution in [0.2, 0.25) is 0 Å². The molecule has 1 aliphatic heterocycles. The molecule has 1 aliphatic rings. The number of urea groups is 1. The first-order valence-corrected chi connectivity index (χ1v) is 9.67. The Morgan fingerprint density at radius 1 is 1.18 bits per heavy atom. The summed E-state index contributed by atoms with van der Waals surface area (Å²) in [5.74, 6) is 1.91. The summed E-state index contributed by atoms with van der Waals surface area (Å²) < 4.78 is 10.7. The van der Waals surface area contributed by atoms with E-state index in [0.717, 1.165) is 36.6 Å². The largest absolute Gasteiger partial charge is 0.497 e. The van der Waals surface area contributed by atoms with E-state index in [1.54, 1.807) is 14.2 Å². The van der Waals surface area contributed by atoms with E-state index in [9.17, 15) is 4.79 Å². The molecule has 6 heteroatoms. The van der Waals surface area contributed by atoms with Gasteiger partial charge in [-0.15, -0.1) is 0 Å². The van der Waals surface area contributed by atoms with Crippen molar-refractivity contribution in [2.24, 2.45) is 5.92 Å². The van der Waals surface area contributed by atoms with E-state index in [-0.39, 0.29) is 12.1 Å². The van der Waals surface area contributed by atoms with Crippen molar-refractivity contribution in [2.45, 2.75) is 19.4 Å². The van der Waals surface area contributed by atoms with Crippen molar-refractivity contribution in [3.05, 3.63) is 54.1 Å². The molecule has 0 aliphatic carbocycles. The highest BCUT2D eigenvalue weighted by Crippen LogP contribution is 2.29. The molecule has 2 atom stereocenters. The average molecular weight is 383 g/mol. The molecule has 150 valence electrons. The van der Waals surface area contributed by atoms with Crippen LogP contribution in [0.1, 0.15) is 24.9 Å². The van der Waals surface area contributed by atoms with Gasteiger partial charge in [0.15, 0.2) is 0 Å². The highest BCUT2D eigenvalue weighted by atomic mass is 16.5. The molecule has 2 amide bonds. The maximum atomic E-state index is 12.4. The SMILES string of the molecule is COc1ccc(OC)c(C(C)NC(=O)NCC2CCN(c3ccccc3)C2)c1. The summed E-state index contributed by atoms with van der Waals surface area (Å²) in [6.45, 7) is 4.58. The number of rotatable bonds is 7. The van der Waals surface area contributed by atoms with Gasteiger partial charge in [0.2, 0.25) is 0 Å². The molecule has 1 heterocycles. The molecule has 0 radical (unpaired) electrons. The van der Waals surface area contributed by atoms with E-state index < -0.39 is 0 Å². The van der Waals surface area contributed by atoms with Gasteiger partial charge in [-0.2, -0.15) is 0 Å². The standard InChI is InChI=1S/C22H29N3O3/c1-16(20-13-19(27-2)9-10-21(20)28-3)24-22(26)23-14-17-11-12-25(15-17)18-7-5-4-6-8-18/h4-10,13,16-17H,11-12,14-15H2,1-3H3,(H2,23,24,26). The topological polar surface area (TPSA) is 62.8 Å². The number of hydrogen-bond donors (Lipinski definition) is 2. The highest BCUT2D eigenvalue weighted by Gasteiger charge is 2.23. The summed E-state index contributed by atoms with van der Waals surface area (Å²) in [5.41, 5.74) is 2.13. The molecule has 2 aromatic rings. The normalized spacial score (nSPS) is 17.1. The third-order valence-electron chi connectivity index (χ3n) is 5.21. The van der Waals surface area contributed by atoms with Gasteiger partial charge in [-0.05, 0) is 49.6 Å². The molecular formula is C22H29N3O3. The number of carbonyl (C=O) groups is 1. The van der Waals surface area contributed by atoms with Gasteiger partial charge >= 0.3 is 6.03 Å². The van der Waals surface area contributed by atoms with Gasteiger partial charge < -0.3 is 25.0 Å². The van der Waals surface area contributed by atoms with Crippen LogP contribution in [0.5, 0.6) is 11.5 Å². The third kappa shape index (κ3) is 4.88. The molecule has 2 unspecified atom stereocenters. The second-order valence-electron chi connectivity index (χ2n) is 7.12. The lowest BCUT2D eigenvalue weighted by molar-refractivity contribution is 0.236. The van der Waals surface area contributed by atoms with Crippen molar-refractivity contribution >= 4 is 11.7 Å². The smallest absolute Gasteiger partial charge is 0.315 e. The van der Waals surface area contributed by atoms with Gasteiger partial charge in [-0.3, -0.25) is 0 Å². The third-order valence-corrected chi connectivity index (χ3v) is 5.21. The molecule has 6 nitrogen and oxygen atoms in total. The lowest BCUT2D eigenvalue weighted by Gasteiger charge is -2.20. The molecule has 28 heavy (non-hydrogen) atoms. The van der Waals surface area contributed by atoms with E-state index in [1.807, 2.05) is 31.2 Å². The molecule has 1 fully saturated rings. The maximum Gasteiger partial charge on any atom is 0.315 e. The fourth-order valence-corrected chi connectivity index (χ4v) is 3.61. The van der Waals surface area contributed by atoms with Crippen LogP contribution in [0.4, 0.5) is 10.5 Å². The number of nitrogens with zero attached hydrogens (tertiary/aromatic N) is 1. The van der Waals surface area contributed by atoms with E-state index in [2.05, 4.69) is 39.8 Å². The number of para-hydroxylation sites is 1. The molecule has 1 saturated heterocycles. The average Bonchev–Trinajstić information content (AvgIpc) is 3.21. The Balaban J connectivity index is 1.50. The first-order chi connectivity index (χ1) is 13.6. The zero-order valence-corrected chi connectivity index (χ0v) is 16.8. The number of anilines is 1. The molecule has 0 aromatic heterocycles. The zero-order valence-electron chi connectivity index (χ0n) is 16.8. The number of benzene rings is 2. The molecular weight excluding hydrogens is 354 g/mol. The lowest BCUT2D eigenvalue weighted by atomic mass is 10.1. The van der Waals surface area contributed by atoms with Crippen molar-refractivity contribution in [3.8, 4) is 11.5 Å². The first-order valence-electron chi connectivity index (χ1n) is 9.67. The van der Waals surface area contributed by atoms with Crippen molar-refractivity contribution in [2.75, 3.05) is 38.8 Å². The van der Waals surface area contributed by atoms with Gasteiger partial charge in [0, 0.05) is 30.9 Å². The summed E-state index contributed by atoms with van der Waals surface area (Å²) in [5, 5.41) is 6.00.